The Kier molecular flexibility index (Phi) is 4.69. The van der Waals surface area contributed by atoms with Gasteiger partial charge in [0.2, 0.25) is 0 Å². The normalized spacial score (nSPS) is 10.3. The van der Waals surface area contributed by atoms with Gasteiger partial charge in [0.1, 0.15) is 0 Å². The molecule has 0 bridgehead atoms. The second-order valence-corrected chi connectivity index (χ2v) is 4.61. The molecule has 6 nitrogen and oxygen atoms in total. The van der Waals surface area contributed by atoms with Crippen LogP contribution < -0.4 is 5.73 Å². The van der Waals surface area contributed by atoms with Crippen molar-refractivity contribution in [2.24, 2.45) is 5.73 Å². The Labute approximate surface area is 122 Å². The quantitative estimate of drug-likeness (QED) is 0.863. The van der Waals surface area contributed by atoms with Crippen LogP contribution in [0, 0.1) is 11.3 Å². The van der Waals surface area contributed by atoms with Gasteiger partial charge in [0.15, 0.2) is 0 Å². The molecule has 0 fully saturated rings. The van der Waals surface area contributed by atoms with Crippen LogP contribution in [0.1, 0.15) is 27.2 Å². The highest BCUT2D eigenvalue weighted by atomic mass is 16.5. The van der Waals surface area contributed by atoms with E-state index in [0.29, 0.717) is 24.2 Å². The summed E-state index contributed by atoms with van der Waals surface area (Å²) in [6.45, 7) is 0.781. The summed E-state index contributed by atoms with van der Waals surface area (Å²) in [6, 6.07) is 9.81. The molecule has 0 saturated heterocycles. The maximum Gasteiger partial charge on any atom is 0.252 e. The van der Waals surface area contributed by atoms with E-state index >= 15 is 0 Å². The summed E-state index contributed by atoms with van der Waals surface area (Å²) in [6.07, 6.45) is 1.85. The molecule has 0 aliphatic rings. The molecule has 0 saturated carbocycles. The second-order valence-electron chi connectivity index (χ2n) is 4.61. The Bertz CT molecular complexity index is 668. The summed E-state index contributed by atoms with van der Waals surface area (Å²) < 4.78 is 6.80. The third-order valence-electron chi connectivity index (χ3n) is 3.13. The highest BCUT2D eigenvalue weighted by Crippen LogP contribution is 2.13. The van der Waals surface area contributed by atoms with Gasteiger partial charge in [-0.3, -0.25) is 9.48 Å². The van der Waals surface area contributed by atoms with E-state index in [0.717, 1.165) is 11.1 Å². The van der Waals surface area contributed by atoms with E-state index in [1.54, 1.807) is 11.8 Å². The molecule has 0 atom stereocenters. The van der Waals surface area contributed by atoms with Gasteiger partial charge in [0.25, 0.3) is 5.91 Å². The summed E-state index contributed by atoms with van der Waals surface area (Å²) in [4.78, 5) is 11.4. The summed E-state index contributed by atoms with van der Waals surface area (Å²) in [5.41, 5.74) is 8.35. The number of nitrogens with zero attached hydrogens (tertiary/aromatic N) is 3. The number of aromatic nitrogens is 2. The van der Waals surface area contributed by atoms with Crippen LogP contribution in [0.3, 0.4) is 0 Å². The zero-order valence-electron chi connectivity index (χ0n) is 11.7. The largest absolute Gasteiger partial charge is 0.378 e. The molecule has 0 aliphatic heterocycles. The van der Waals surface area contributed by atoms with Crippen LogP contribution in [0.15, 0.2) is 30.5 Å². The predicted octanol–water partition coefficient (Wildman–Crippen LogP) is 1.24. The third-order valence-corrected chi connectivity index (χ3v) is 3.13. The van der Waals surface area contributed by atoms with Crippen LogP contribution >= 0.6 is 0 Å². The topological polar surface area (TPSA) is 93.9 Å². The third kappa shape index (κ3) is 3.46. The fourth-order valence-corrected chi connectivity index (χ4v) is 2.07. The number of rotatable bonds is 6. The average molecular weight is 284 g/mol. The Morgan fingerprint density at radius 3 is 2.62 bits per heavy atom. The first-order chi connectivity index (χ1) is 10.2. The fourth-order valence-electron chi connectivity index (χ4n) is 2.07. The van der Waals surface area contributed by atoms with E-state index in [-0.39, 0.29) is 6.61 Å². The van der Waals surface area contributed by atoms with Gasteiger partial charge in [-0.05, 0) is 11.1 Å². The van der Waals surface area contributed by atoms with Gasteiger partial charge >= 0.3 is 0 Å². The number of benzene rings is 1. The number of carbonyl (C=O) groups excluding carboxylic acids is 1. The Hall–Kier alpha value is -2.65. The predicted molar refractivity (Wildman–Crippen MR) is 76.3 cm³/mol. The number of nitrogens with two attached hydrogens (primary N) is 1. The van der Waals surface area contributed by atoms with Crippen molar-refractivity contribution >= 4 is 5.91 Å². The van der Waals surface area contributed by atoms with Crippen LogP contribution in [0.25, 0.3) is 0 Å². The Balaban J connectivity index is 2.22. The lowest BCUT2D eigenvalue weighted by Crippen LogP contribution is -2.15. The number of amides is 1. The zero-order valence-corrected chi connectivity index (χ0v) is 11.7. The number of ether oxygens (including phenoxy) is 1. The van der Waals surface area contributed by atoms with Crippen molar-refractivity contribution in [1.29, 1.82) is 5.26 Å². The lowest BCUT2D eigenvalue weighted by atomic mass is 10.1. The first kappa shape index (κ1) is 14.8. The summed E-state index contributed by atoms with van der Waals surface area (Å²) in [5.74, 6) is -0.516. The first-order valence-electron chi connectivity index (χ1n) is 6.44. The summed E-state index contributed by atoms with van der Waals surface area (Å²) in [7, 11) is 1.55. The molecular weight excluding hydrogens is 268 g/mol. The molecule has 108 valence electrons. The van der Waals surface area contributed by atoms with Gasteiger partial charge in [-0.15, -0.1) is 0 Å². The molecule has 2 rings (SSSR count). The highest BCUT2D eigenvalue weighted by molar-refractivity contribution is 5.93. The second kappa shape index (κ2) is 6.68. The van der Waals surface area contributed by atoms with E-state index in [1.807, 2.05) is 24.3 Å². The van der Waals surface area contributed by atoms with Gasteiger partial charge < -0.3 is 10.5 Å². The number of primary amides is 1. The molecule has 0 aliphatic carbocycles. The SMILES string of the molecule is COCc1c(C(N)=O)cnn1Cc1ccc(CC#N)cc1. The monoisotopic (exact) mass is 284 g/mol. The lowest BCUT2D eigenvalue weighted by Gasteiger charge is -2.08. The molecule has 2 aromatic rings. The lowest BCUT2D eigenvalue weighted by molar-refractivity contribution is 0.0994. The molecule has 1 amide bonds. The van der Waals surface area contributed by atoms with Crippen LogP contribution in [0.4, 0.5) is 0 Å². The number of methoxy groups -OCH3 is 1. The van der Waals surface area contributed by atoms with Crippen LogP contribution in [0.5, 0.6) is 0 Å². The molecule has 21 heavy (non-hydrogen) atoms. The molecular formula is C15H16N4O2. The Morgan fingerprint density at radius 1 is 1.38 bits per heavy atom. The highest BCUT2D eigenvalue weighted by Gasteiger charge is 2.15. The summed E-state index contributed by atoms with van der Waals surface area (Å²) in [5, 5.41) is 12.8. The average Bonchev–Trinajstić information content (AvgIpc) is 2.85. The van der Waals surface area contributed by atoms with E-state index in [9.17, 15) is 4.79 Å². The van der Waals surface area contributed by atoms with Gasteiger partial charge in [-0.1, -0.05) is 24.3 Å². The molecule has 0 radical (unpaired) electrons. The molecule has 2 N–H and O–H groups in total. The van der Waals surface area contributed by atoms with Crippen molar-refractivity contribution in [3.63, 3.8) is 0 Å². The molecule has 1 aromatic heterocycles. The van der Waals surface area contributed by atoms with Crippen molar-refractivity contribution in [2.75, 3.05) is 7.11 Å². The number of nitriles is 1. The van der Waals surface area contributed by atoms with Crippen molar-refractivity contribution in [2.45, 2.75) is 19.6 Å². The van der Waals surface area contributed by atoms with Gasteiger partial charge in [0, 0.05) is 7.11 Å². The van der Waals surface area contributed by atoms with Gasteiger partial charge in [-0.2, -0.15) is 10.4 Å². The van der Waals surface area contributed by atoms with Crippen LogP contribution in [-0.2, 0) is 24.3 Å². The fraction of sp³-hybridized carbons (Fsp3) is 0.267. The minimum Gasteiger partial charge on any atom is -0.378 e. The number of hydrogen-bond donors (Lipinski definition) is 1. The minimum absolute atomic E-state index is 0.269. The van der Waals surface area contributed by atoms with Gasteiger partial charge in [-0.25, -0.2) is 0 Å². The van der Waals surface area contributed by atoms with Crippen molar-refractivity contribution in [1.82, 2.24) is 9.78 Å². The standard InChI is InChI=1S/C15H16N4O2/c1-21-10-14-13(15(17)20)8-18-19(14)9-12-4-2-11(3-5-12)6-7-16/h2-5,8H,6,9-10H2,1H3,(H2,17,20). The number of hydrogen-bond acceptors (Lipinski definition) is 4. The van der Waals surface area contributed by atoms with Crippen LogP contribution in [0.2, 0.25) is 0 Å². The molecule has 1 aromatic carbocycles. The molecule has 1 heterocycles. The molecule has 6 heteroatoms. The Morgan fingerprint density at radius 2 is 2.05 bits per heavy atom. The van der Waals surface area contributed by atoms with Crippen molar-refractivity contribution in [3.05, 3.63) is 52.8 Å². The maximum absolute atomic E-state index is 11.4. The summed E-state index contributed by atoms with van der Waals surface area (Å²) >= 11 is 0. The minimum atomic E-state index is -0.516. The smallest absolute Gasteiger partial charge is 0.252 e. The number of carbonyl (C=O) groups is 1. The van der Waals surface area contributed by atoms with Crippen molar-refractivity contribution < 1.29 is 9.53 Å². The van der Waals surface area contributed by atoms with E-state index < -0.39 is 5.91 Å². The van der Waals surface area contributed by atoms with E-state index in [2.05, 4.69) is 11.2 Å². The maximum atomic E-state index is 11.4. The van der Waals surface area contributed by atoms with E-state index in [1.165, 1.54) is 6.20 Å². The van der Waals surface area contributed by atoms with Gasteiger partial charge in [0.05, 0.1) is 43.1 Å². The van der Waals surface area contributed by atoms with Crippen LogP contribution in [-0.4, -0.2) is 22.8 Å². The molecule has 0 unspecified atom stereocenters. The first-order valence-corrected chi connectivity index (χ1v) is 6.44. The van der Waals surface area contributed by atoms with E-state index in [4.69, 9.17) is 15.7 Å². The molecule has 0 spiro atoms. The van der Waals surface area contributed by atoms with Crippen molar-refractivity contribution in [3.8, 4) is 6.07 Å². The zero-order chi connectivity index (χ0) is 15.2.